The van der Waals surface area contributed by atoms with Gasteiger partial charge >= 0.3 is 0 Å². The SMILES string of the molecule is C/C=C/Cc1ccc2ccc3cccc4ccc1c2c34. The van der Waals surface area contributed by atoms with Gasteiger partial charge in [-0.3, -0.25) is 0 Å². The van der Waals surface area contributed by atoms with Crippen molar-refractivity contribution in [3.8, 4) is 0 Å². The summed E-state index contributed by atoms with van der Waals surface area (Å²) in [5, 5.41) is 8.23. The van der Waals surface area contributed by atoms with Crippen molar-refractivity contribution in [1.82, 2.24) is 0 Å². The molecule has 0 aliphatic rings. The van der Waals surface area contributed by atoms with Crippen LogP contribution >= 0.6 is 0 Å². The van der Waals surface area contributed by atoms with Gasteiger partial charge in [0.15, 0.2) is 0 Å². The summed E-state index contributed by atoms with van der Waals surface area (Å²) >= 11 is 0. The van der Waals surface area contributed by atoms with E-state index in [1.807, 2.05) is 0 Å². The van der Waals surface area contributed by atoms with E-state index in [2.05, 4.69) is 73.7 Å². The lowest BCUT2D eigenvalue weighted by atomic mass is 9.91. The highest BCUT2D eigenvalue weighted by atomic mass is 14.1. The van der Waals surface area contributed by atoms with Crippen LogP contribution in [0.4, 0.5) is 0 Å². The van der Waals surface area contributed by atoms with Crippen LogP contribution in [0.2, 0.25) is 0 Å². The second-order valence-electron chi connectivity index (χ2n) is 5.35. The number of hydrogen-bond acceptors (Lipinski definition) is 0. The van der Waals surface area contributed by atoms with Crippen LogP contribution in [-0.2, 0) is 6.42 Å². The summed E-state index contributed by atoms with van der Waals surface area (Å²) in [6, 6.07) is 20.1. The van der Waals surface area contributed by atoms with Gasteiger partial charge in [-0.25, -0.2) is 0 Å². The van der Waals surface area contributed by atoms with Crippen molar-refractivity contribution in [2.24, 2.45) is 0 Å². The van der Waals surface area contributed by atoms with E-state index in [0.29, 0.717) is 0 Å². The van der Waals surface area contributed by atoms with Crippen LogP contribution in [0, 0.1) is 0 Å². The van der Waals surface area contributed by atoms with Crippen molar-refractivity contribution >= 4 is 32.3 Å². The molecule has 0 heterocycles. The van der Waals surface area contributed by atoms with E-state index in [9.17, 15) is 0 Å². The molecule has 0 heteroatoms. The molecule has 20 heavy (non-hydrogen) atoms. The molecule has 0 saturated heterocycles. The molecule has 0 N–H and O–H groups in total. The maximum Gasteiger partial charge on any atom is -0.00239 e. The lowest BCUT2D eigenvalue weighted by Crippen LogP contribution is -1.88. The summed E-state index contributed by atoms with van der Waals surface area (Å²) in [7, 11) is 0. The maximum absolute atomic E-state index is 2.28. The molecule has 0 amide bonds. The van der Waals surface area contributed by atoms with Crippen molar-refractivity contribution in [3.05, 3.63) is 72.3 Å². The molecule has 4 aromatic rings. The van der Waals surface area contributed by atoms with Crippen LogP contribution in [0.25, 0.3) is 32.3 Å². The molecule has 0 atom stereocenters. The Kier molecular flexibility index (Phi) is 2.50. The minimum atomic E-state index is 1.00. The largest absolute Gasteiger partial charge is 0.0913 e. The molecule has 0 fully saturated rings. The first-order chi connectivity index (χ1) is 9.88. The Balaban J connectivity index is 2.20. The Bertz CT molecular complexity index is 913. The predicted molar refractivity (Wildman–Crippen MR) is 88.7 cm³/mol. The number of benzene rings is 4. The normalized spacial score (nSPS) is 12.2. The fourth-order valence-electron chi connectivity index (χ4n) is 3.22. The van der Waals surface area contributed by atoms with Crippen LogP contribution in [0.5, 0.6) is 0 Å². The number of rotatable bonds is 2. The van der Waals surface area contributed by atoms with Crippen molar-refractivity contribution in [3.63, 3.8) is 0 Å². The van der Waals surface area contributed by atoms with Gasteiger partial charge in [0.1, 0.15) is 0 Å². The zero-order valence-electron chi connectivity index (χ0n) is 11.6. The molecule has 0 aromatic heterocycles. The van der Waals surface area contributed by atoms with Crippen LogP contribution in [-0.4, -0.2) is 0 Å². The first-order valence-corrected chi connectivity index (χ1v) is 7.15. The molecule has 0 unspecified atom stereocenters. The zero-order valence-corrected chi connectivity index (χ0v) is 11.6. The smallest absolute Gasteiger partial charge is 0.00239 e. The highest BCUT2D eigenvalue weighted by Crippen LogP contribution is 2.35. The fourth-order valence-corrected chi connectivity index (χ4v) is 3.22. The molecule has 0 aliphatic carbocycles. The summed E-state index contributed by atoms with van der Waals surface area (Å²) in [4.78, 5) is 0. The first-order valence-electron chi connectivity index (χ1n) is 7.15. The molecular weight excluding hydrogens is 240 g/mol. The minimum Gasteiger partial charge on any atom is -0.0913 e. The third-order valence-electron chi connectivity index (χ3n) is 4.19. The summed E-state index contributed by atoms with van der Waals surface area (Å²) < 4.78 is 0. The van der Waals surface area contributed by atoms with E-state index in [-0.39, 0.29) is 0 Å². The Hall–Kier alpha value is -2.34. The minimum absolute atomic E-state index is 1.00. The van der Waals surface area contributed by atoms with Crippen molar-refractivity contribution < 1.29 is 0 Å². The quantitative estimate of drug-likeness (QED) is 0.318. The Labute approximate surface area is 118 Å². The van der Waals surface area contributed by atoms with Gasteiger partial charge in [-0.15, -0.1) is 0 Å². The van der Waals surface area contributed by atoms with Gasteiger partial charge in [-0.2, -0.15) is 0 Å². The molecular formula is C20H16. The van der Waals surface area contributed by atoms with Crippen molar-refractivity contribution in [1.29, 1.82) is 0 Å². The van der Waals surface area contributed by atoms with Gasteiger partial charge in [-0.1, -0.05) is 66.7 Å². The van der Waals surface area contributed by atoms with Gasteiger partial charge in [0.25, 0.3) is 0 Å². The molecule has 0 aliphatic heterocycles. The topological polar surface area (TPSA) is 0 Å². The Morgan fingerprint density at radius 1 is 0.750 bits per heavy atom. The highest BCUT2D eigenvalue weighted by Gasteiger charge is 2.09. The van der Waals surface area contributed by atoms with Gasteiger partial charge in [0, 0.05) is 0 Å². The zero-order chi connectivity index (χ0) is 13.5. The average Bonchev–Trinajstić information content (AvgIpc) is 2.51. The first kappa shape index (κ1) is 11.5. The monoisotopic (exact) mass is 256 g/mol. The molecule has 0 saturated carbocycles. The Morgan fingerprint density at radius 3 is 2.15 bits per heavy atom. The van der Waals surface area contributed by atoms with Gasteiger partial charge in [0.05, 0.1) is 0 Å². The third-order valence-corrected chi connectivity index (χ3v) is 4.19. The van der Waals surface area contributed by atoms with Gasteiger partial charge in [-0.05, 0) is 51.2 Å². The predicted octanol–water partition coefficient (Wildman–Crippen LogP) is 5.70. The second-order valence-corrected chi connectivity index (χ2v) is 5.35. The molecule has 96 valence electrons. The summed E-state index contributed by atoms with van der Waals surface area (Å²) in [5.74, 6) is 0. The van der Waals surface area contributed by atoms with Crippen molar-refractivity contribution in [2.45, 2.75) is 13.3 Å². The molecule has 0 bridgehead atoms. The van der Waals surface area contributed by atoms with Crippen LogP contribution in [0.3, 0.4) is 0 Å². The molecule has 4 rings (SSSR count). The van der Waals surface area contributed by atoms with Crippen LogP contribution < -0.4 is 0 Å². The van der Waals surface area contributed by atoms with E-state index in [1.54, 1.807) is 0 Å². The highest BCUT2D eigenvalue weighted by molar-refractivity contribution is 6.23. The Morgan fingerprint density at radius 2 is 1.40 bits per heavy atom. The summed E-state index contributed by atoms with van der Waals surface area (Å²) in [6.45, 7) is 2.08. The molecule has 4 aromatic carbocycles. The summed E-state index contributed by atoms with van der Waals surface area (Å²) in [5.41, 5.74) is 1.41. The second kappa shape index (κ2) is 4.35. The molecule has 0 spiro atoms. The van der Waals surface area contributed by atoms with Crippen LogP contribution in [0.1, 0.15) is 12.5 Å². The van der Waals surface area contributed by atoms with Crippen molar-refractivity contribution in [2.75, 3.05) is 0 Å². The van der Waals surface area contributed by atoms with E-state index < -0.39 is 0 Å². The fraction of sp³-hybridized carbons (Fsp3) is 0.100. The van der Waals surface area contributed by atoms with Gasteiger partial charge < -0.3 is 0 Å². The standard InChI is InChI=1S/C20H16/c1-2-3-5-14-8-9-17-11-10-15-6-4-7-16-12-13-18(14)20(17)19(15)16/h2-4,6-13H,5H2,1H3/b3-2+. The molecule has 0 radical (unpaired) electrons. The van der Waals surface area contributed by atoms with E-state index in [1.165, 1.54) is 37.9 Å². The maximum atomic E-state index is 2.28. The van der Waals surface area contributed by atoms with E-state index >= 15 is 0 Å². The van der Waals surface area contributed by atoms with Gasteiger partial charge in [0.2, 0.25) is 0 Å². The summed E-state index contributed by atoms with van der Waals surface area (Å²) in [6.07, 6.45) is 5.36. The van der Waals surface area contributed by atoms with E-state index in [0.717, 1.165) is 6.42 Å². The number of allylic oxidation sites excluding steroid dienone is 2. The lowest BCUT2D eigenvalue weighted by Gasteiger charge is -2.13. The van der Waals surface area contributed by atoms with Crippen LogP contribution in [0.15, 0.2) is 66.7 Å². The lowest BCUT2D eigenvalue weighted by molar-refractivity contribution is 1.29. The number of hydrogen-bond donors (Lipinski definition) is 0. The average molecular weight is 256 g/mol. The molecule has 0 nitrogen and oxygen atoms in total. The third kappa shape index (κ3) is 1.55. The van der Waals surface area contributed by atoms with E-state index in [4.69, 9.17) is 0 Å².